The lowest BCUT2D eigenvalue weighted by molar-refractivity contribution is -0.108. The Hall–Kier alpha value is -1.51. The van der Waals surface area contributed by atoms with Gasteiger partial charge in [0.15, 0.2) is 0 Å². The molecule has 1 aliphatic heterocycles. The molecular formula is C11H16N2O. The molecule has 1 amide bonds. The summed E-state index contributed by atoms with van der Waals surface area (Å²) in [7, 11) is 0. The average Bonchev–Trinajstić information content (AvgIpc) is 2.48. The minimum atomic E-state index is 0.464. The first-order valence-electron chi connectivity index (χ1n) is 4.68. The molecule has 0 bridgehead atoms. The highest BCUT2D eigenvalue weighted by atomic mass is 16.1. The van der Waals surface area contributed by atoms with Gasteiger partial charge < -0.3 is 10.6 Å². The molecule has 0 spiro atoms. The summed E-state index contributed by atoms with van der Waals surface area (Å²) in [6.07, 6.45) is 4.48. The van der Waals surface area contributed by atoms with Crippen LogP contribution in [0.15, 0.2) is 35.7 Å². The fraction of sp³-hybridized carbons (Fsp3) is 0.364. The molecule has 3 nitrogen and oxygen atoms in total. The van der Waals surface area contributed by atoms with E-state index < -0.39 is 0 Å². The van der Waals surface area contributed by atoms with Crippen molar-refractivity contribution in [1.29, 1.82) is 0 Å². The fourth-order valence-electron chi connectivity index (χ4n) is 1.52. The number of nitrogens with one attached hydrogen (secondary N) is 2. The number of allylic oxidation sites excluding steroid dienone is 3. The first kappa shape index (κ1) is 10.6. The highest BCUT2D eigenvalue weighted by molar-refractivity contribution is 5.51. The van der Waals surface area contributed by atoms with E-state index in [9.17, 15) is 4.79 Å². The van der Waals surface area contributed by atoms with E-state index in [-0.39, 0.29) is 0 Å². The first-order valence-corrected chi connectivity index (χ1v) is 4.68. The molecule has 14 heavy (non-hydrogen) atoms. The molecule has 1 aliphatic rings. The molecule has 0 aromatic carbocycles. The van der Waals surface area contributed by atoms with Crippen molar-refractivity contribution < 1.29 is 4.79 Å². The van der Waals surface area contributed by atoms with Gasteiger partial charge in [-0.15, -0.1) is 0 Å². The highest BCUT2D eigenvalue weighted by Gasteiger charge is 2.17. The van der Waals surface area contributed by atoms with Gasteiger partial charge in [0.05, 0.1) is 0 Å². The molecule has 1 heterocycles. The Morgan fingerprint density at radius 2 is 2.43 bits per heavy atom. The summed E-state index contributed by atoms with van der Waals surface area (Å²) in [5.74, 6) is 0.464. The second-order valence-electron chi connectivity index (χ2n) is 3.44. The van der Waals surface area contributed by atoms with Gasteiger partial charge in [0, 0.05) is 23.9 Å². The van der Waals surface area contributed by atoms with Crippen LogP contribution in [0.2, 0.25) is 0 Å². The molecule has 0 aliphatic carbocycles. The summed E-state index contributed by atoms with van der Waals surface area (Å²) in [6, 6.07) is 0. The van der Waals surface area contributed by atoms with Gasteiger partial charge >= 0.3 is 0 Å². The normalized spacial score (nSPS) is 21.9. The van der Waals surface area contributed by atoms with E-state index in [0.29, 0.717) is 12.3 Å². The van der Waals surface area contributed by atoms with Gasteiger partial charge in [-0.1, -0.05) is 13.5 Å². The smallest absolute Gasteiger partial charge is 0.211 e. The third-order valence-corrected chi connectivity index (χ3v) is 2.30. The van der Waals surface area contributed by atoms with Crippen molar-refractivity contribution in [2.45, 2.75) is 13.8 Å². The third-order valence-electron chi connectivity index (χ3n) is 2.30. The van der Waals surface area contributed by atoms with Crippen molar-refractivity contribution in [3.63, 3.8) is 0 Å². The second kappa shape index (κ2) is 4.65. The Kier molecular flexibility index (Phi) is 3.51. The monoisotopic (exact) mass is 192 g/mol. The zero-order valence-corrected chi connectivity index (χ0v) is 8.63. The van der Waals surface area contributed by atoms with Gasteiger partial charge in [-0.2, -0.15) is 0 Å². The molecule has 0 fully saturated rings. The number of hydrogen-bond donors (Lipinski definition) is 2. The number of hydrogen-bond acceptors (Lipinski definition) is 2. The lowest BCUT2D eigenvalue weighted by Gasteiger charge is -2.04. The molecule has 1 rings (SSSR count). The topological polar surface area (TPSA) is 41.1 Å². The van der Waals surface area contributed by atoms with E-state index >= 15 is 0 Å². The maximum atomic E-state index is 10.2. The number of carbonyl (C=O) groups excluding carboxylic acids is 1. The van der Waals surface area contributed by atoms with Crippen LogP contribution in [-0.4, -0.2) is 13.0 Å². The van der Waals surface area contributed by atoms with Gasteiger partial charge in [-0.3, -0.25) is 4.79 Å². The van der Waals surface area contributed by atoms with Crippen LogP contribution in [0.5, 0.6) is 0 Å². The van der Waals surface area contributed by atoms with Gasteiger partial charge in [0.1, 0.15) is 0 Å². The Morgan fingerprint density at radius 1 is 1.71 bits per heavy atom. The fourth-order valence-corrected chi connectivity index (χ4v) is 1.52. The number of carbonyl (C=O) groups is 1. The lowest BCUT2D eigenvalue weighted by atomic mass is 10.0. The molecule has 0 saturated carbocycles. The molecule has 0 unspecified atom stereocenters. The summed E-state index contributed by atoms with van der Waals surface area (Å²) in [5.41, 5.74) is 3.11. The van der Waals surface area contributed by atoms with Crippen molar-refractivity contribution >= 4 is 6.41 Å². The Morgan fingerprint density at radius 3 is 3.00 bits per heavy atom. The summed E-state index contributed by atoms with van der Waals surface area (Å²) in [4.78, 5) is 10.2. The SMILES string of the molecule is C=CC1=C(/C=C(\C)NC=O)[C@@H](C)CN1. The molecule has 1 atom stereocenters. The van der Waals surface area contributed by atoms with Crippen molar-refractivity contribution in [3.05, 3.63) is 35.7 Å². The van der Waals surface area contributed by atoms with Crippen LogP contribution in [-0.2, 0) is 4.79 Å². The Bertz CT molecular complexity index is 302. The third kappa shape index (κ3) is 2.25. The molecule has 2 N–H and O–H groups in total. The van der Waals surface area contributed by atoms with E-state index in [4.69, 9.17) is 0 Å². The minimum absolute atomic E-state index is 0.464. The van der Waals surface area contributed by atoms with E-state index in [1.165, 1.54) is 5.57 Å². The van der Waals surface area contributed by atoms with E-state index in [0.717, 1.165) is 17.9 Å². The average molecular weight is 192 g/mol. The largest absolute Gasteiger partial charge is 0.384 e. The van der Waals surface area contributed by atoms with E-state index in [1.54, 1.807) is 0 Å². The Labute approximate surface area is 84.6 Å². The van der Waals surface area contributed by atoms with Crippen molar-refractivity contribution in [3.8, 4) is 0 Å². The summed E-state index contributed by atoms with van der Waals surface area (Å²) >= 11 is 0. The van der Waals surface area contributed by atoms with Gasteiger partial charge in [-0.25, -0.2) is 0 Å². The van der Waals surface area contributed by atoms with Crippen LogP contribution < -0.4 is 10.6 Å². The van der Waals surface area contributed by atoms with Crippen LogP contribution in [0, 0.1) is 5.92 Å². The zero-order valence-electron chi connectivity index (χ0n) is 8.63. The van der Waals surface area contributed by atoms with Crippen LogP contribution >= 0.6 is 0 Å². The second-order valence-corrected chi connectivity index (χ2v) is 3.44. The predicted molar refractivity (Wildman–Crippen MR) is 57.3 cm³/mol. The molecule has 0 radical (unpaired) electrons. The van der Waals surface area contributed by atoms with Gasteiger partial charge in [-0.05, 0) is 24.6 Å². The van der Waals surface area contributed by atoms with Crippen molar-refractivity contribution in [1.82, 2.24) is 10.6 Å². The maximum Gasteiger partial charge on any atom is 0.211 e. The predicted octanol–water partition coefficient (Wildman–Crippen LogP) is 1.32. The summed E-state index contributed by atoms with van der Waals surface area (Å²) in [6.45, 7) is 8.68. The molecule has 0 aromatic rings. The van der Waals surface area contributed by atoms with Crippen LogP contribution in [0.25, 0.3) is 0 Å². The lowest BCUT2D eigenvalue weighted by Crippen LogP contribution is -2.09. The zero-order chi connectivity index (χ0) is 10.6. The van der Waals surface area contributed by atoms with Crippen molar-refractivity contribution in [2.24, 2.45) is 5.92 Å². The van der Waals surface area contributed by atoms with Gasteiger partial charge in [0.25, 0.3) is 0 Å². The van der Waals surface area contributed by atoms with Crippen LogP contribution in [0.1, 0.15) is 13.8 Å². The Balaban J connectivity index is 2.88. The standard InChI is InChI=1S/C11H16N2O/c1-4-11-10(8(2)6-12-11)5-9(3)13-7-14/h4-5,7-8,12H,1,6H2,2-3H3,(H,13,14)/b9-5+/t8-/m0/s1. The molecular weight excluding hydrogens is 176 g/mol. The number of amides is 1. The first-order chi connectivity index (χ1) is 6.69. The highest BCUT2D eigenvalue weighted by Crippen LogP contribution is 2.22. The summed E-state index contributed by atoms with van der Waals surface area (Å²) < 4.78 is 0. The van der Waals surface area contributed by atoms with Crippen LogP contribution in [0.4, 0.5) is 0 Å². The van der Waals surface area contributed by atoms with E-state index in [2.05, 4.69) is 24.1 Å². The van der Waals surface area contributed by atoms with Crippen molar-refractivity contribution in [2.75, 3.05) is 6.54 Å². The molecule has 3 heteroatoms. The molecule has 0 saturated heterocycles. The summed E-state index contributed by atoms with van der Waals surface area (Å²) in [5, 5.41) is 5.88. The van der Waals surface area contributed by atoms with Crippen LogP contribution in [0.3, 0.4) is 0 Å². The van der Waals surface area contributed by atoms with Gasteiger partial charge in [0.2, 0.25) is 6.41 Å². The van der Waals surface area contributed by atoms with E-state index in [1.807, 2.05) is 19.1 Å². The quantitative estimate of drug-likeness (QED) is 0.659. The molecule has 0 aromatic heterocycles. The number of rotatable bonds is 4. The minimum Gasteiger partial charge on any atom is -0.384 e. The molecule has 76 valence electrons. The maximum absolute atomic E-state index is 10.2.